The predicted molar refractivity (Wildman–Crippen MR) is 103 cm³/mol. The number of halogens is 2. The van der Waals surface area contributed by atoms with Gasteiger partial charge in [0, 0.05) is 30.7 Å². The summed E-state index contributed by atoms with van der Waals surface area (Å²) in [5.74, 6) is 0.702. The van der Waals surface area contributed by atoms with Gasteiger partial charge in [-0.2, -0.15) is 0 Å². The first-order valence-corrected chi connectivity index (χ1v) is 9.45. The van der Waals surface area contributed by atoms with E-state index in [9.17, 15) is 4.79 Å². The van der Waals surface area contributed by atoms with Gasteiger partial charge in [0.2, 0.25) is 0 Å². The summed E-state index contributed by atoms with van der Waals surface area (Å²) < 4.78 is 6.55. The number of ether oxygens (including phenoxy) is 1. The molecule has 1 fully saturated rings. The second-order valence-electron chi connectivity index (χ2n) is 5.91. The molecule has 25 heavy (non-hydrogen) atoms. The molecule has 1 aliphatic heterocycles. The fourth-order valence-electron chi connectivity index (χ4n) is 2.79. The highest BCUT2D eigenvalue weighted by molar-refractivity contribution is 9.10. The molecule has 1 amide bonds. The van der Waals surface area contributed by atoms with E-state index >= 15 is 0 Å². The van der Waals surface area contributed by atoms with Crippen molar-refractivity contribution < 1.29 is 9.53 Å². The van der Waals surface area contributed by atoms with Crippen molar-refractivity contribution in [1.82, 2.24) is 9.80 Å². The molecule has 0 bridgehead atoms. The minimum Gasteiger partial charge on any atom is -0.484 e. The molecular weight excluding hydrogens is 404 g/mol. The number of carbonyl (C=O) groups is 1. The van der Waals surface area contributed by atoms with Crippen LogP contribution in [0, 0.1) is 0 Å². The molecule has 0 aliphatic carbocycles. The Kier molecular flexibility index (Phi) is 6.34. The fraction of sp³-hybridized carbons (Fsp3) is 0.316. The minimum absolute atomic E-state index is 0.00778. The fourth-order valence-corrected chi connectivity index (χ4v) is 3.39. The van der Waals surface area contributed by atoms with Gasteiger partial charge in [0.1, 0.15) is 11.3 Å². The third-order valence-corrected chi connectivity index (χ3v) is 5.29. The molecule has 4 nitrogen and oxygen atoms in total. The number of rotatable bonds is 5. The van der Waals surface area contributed by atoms with Gasteiger partial charge in [0.15, 0.2) is 6.61 Å². The Morgan fingerprint density at radius 2 is 1.68 bits per heavy atom. The van der Waals surface area contributed by atoms with Crippen LogP contribution in [0.1, 0.15) is 11.1 Å². The highest BCUT2D eigenvalue weighted by Crippen LogP contribution is 2.25. The van der Waals surface area contributed by atoms with E-state index in [-0.39, 0.29) is 18.0 Å². The number of hydrogen-bond acceptors (Lipinski definition) is 3. The third-order valence-electron chi connectivity index (χ3n) is 4.24. The molecule has 1 heterocycles. The lowest BCUT2D eigenvalue weighted by Crippen LogP contribution is -2.50. The largest absolute Gasteiger partial charge is 0.484 e. The molecule has 0 radical (unpaired) electrons. The zero-order chi connectivity index (χ0) is 17.6. The molecular formula is C19H20BrClN2O2. The lowest BCUT2D eigenvalue weighted by atomic mass is 10.2. The normalized spacial score (nSPS) is 16.5. The second-order valence-corrected chi connectivity index (χ2v) is 7.23. The van der Waals surface area contributed by atoms with Crippen LogP contribution in [0.15, 0.2) is 59.1 Å². The zero-order valence-electron chi connectivity index (χ0n) is 13.8. The maximum Gasteiger partial charge on any atom is 0.260 e. The number of benzene rings is 2. The number of amides is 1. The van der Waals surface area contributed by atoms with Gasteiger partial charge in [0.25, 0.3) is 5.91 Å². The topological polar surface area (TPSA) is 32.8 Å². The number of carbonyl (C=O) groups excluding carboxylic acids is 1. The maximum atomic E-state index is 12.3. The van der Waals surface area contributed by atoms with Gasteiger partial charge in [-0.05, 0) is 29.8 Å². The van der Waals surface area contributed by atoms with Crippen molar-refractivity contribution in [3.05, 3.63) is 64.6 Å². The van der Waals surface area contributed by atoms with E-state index in [1.165, 1.54) is 0 Å². The number of alkyl halides is 1. The molecule has 3 rings (SSSR count). The Balaban J connectivity index is 1.46. The van der Waals surface area contributed by atoms with Crippen LogP contribution in [0.4, 0.5) is 0 Å². The molecule has 2 aromatic rings. The third kappa shape index (κ3) is 4.97. The van der Waals surface area contributed by atoms with Crippen molar-refractivity contribution in [2.75, 3.05) is 32.8 Å². The minimum atomic E-state index is -0.155. The highest BCUT2D eigenvalue weighted by atomic mass is 79.9. The van der Waals surface area contributed by atoms with Gasteiger partial charge in [-0.3, -0.25) is 9.69 Å². The summed E-state index contributed by atoms with van der Waals surface area (Å²) in [5.41, 5.74) is 0.931. The first-order chi connectivity index (χ1) is 12.1. The van der Waals surface area contributed by atoms with Crippen LogP contribution in [-0.2, 0) is 4.79 Å². The van der Waals surface area contributed by atoms with E-state index in [0.29, 0.717) is 18.8 Å². The quantitative estimate of drug-likeness (QED) is 0.540. The smallest absolute Gasteiger partial charge is 0.260 e. The molecule has 1 atom stereocenters. The average molecular weight is 424 g/mol. The molecule has 0 spiro atoms. The van der Waals surface area contributed by atoms with Gasteiger partial charge in [-0.1, -0.05) is 46.3 Å². The van der Waals surface area contributed by atoms with Crippen LogP contribution in [0.2, 0.25) is 0 Å². The van der Waals surface area contributed by atoms with E-state index in [2.05, 4.69) is 20.8 Å². The Hall–Kier alpha value is -1.56. The van der Waals surface area contributed by atoms with Gasteiger partial charge >= 0.3 is 0 Å². The van der Waals surface area contributed by atoms with Crippen molar-refractivity contribution in [3.63, 3.8) is 0 Å². The summed E-state index contributed by atoms with van der Waals surface area (Å²) in [4.78, 5) is 16.4. The van der Waals surface area contributed by atoms with Gasteiger partial charge < -0.3 is 9.64 Å². The van der Waals surface area contributed by atoms with E-state index < -0.39 is 0 Å². The molecule has 1 saturated heterocycles. The summed E-state index contributed by atoms with van der Waals surface area (Å²) in [6.07, 6.45) is 0. The average Bonchev–Trinajstić information content (AvgIpc) is 2.67. The number of nitrogens with zero attached hydrogens (tertiary/aromatic N) is 2. The summed E-state index contributed by atoms with van der Waals surface area (Å²) in [7, 11) is 0. The first kappa shape index (κ1) is 18.2. The van der Waals surface area contributed by atoms with E-state index in [4.69, 9.17) is 16.3 Å². The van der Waals surface area contributed by atoms with Gasteiger partial charge in [0.05, 0.1) is 0 Å². The molecule has 1 unspecified atom stereocenters. The molecule has 2 aromatic carbocycles. The SMILES string of the molecule is O=C(COc1ccc(Br)cc1)N1CCN(C(Cl)c2ccccc2)CC1. The van der Waals surface area contributed by atoms with Crippen molar-refractivity contribution >= 4 is 33.4 Å². The van der Waals surface area contributed by atoms with Crippen LogP contribution in [-0.4, -0.2) is 48.5 Å². The summed E-state index contributed by atoms with van der Waals surface area (Å²) in [5, 5.41) is 0. The first-order valence-electron chi connectivity index (χ1n) is 8.23. The van der Waals surface area contributed by atoms with E-state index in [1.807, 2.05) is 59.5 Å². The molecule has 6 heteroatoms. The molecule has 0 aromatic heterocycles. The summed E-state index contributed by atoms with van der Waals surface area (Å²) in [6, 6.07) is 17.5. The van der Waals surface area contributed by atoms with Crippen LogP contribution in [0.25, 0.3) is 0 Å². The van der Waals surface area contributed by atoms with Crippen LogP contribution >= 0.6 is 27.5 Å². The monoisotopic (exact) mass is 422 g/mol. The maximum absolute atomic E-state index is 12.3. The van der Waals surface area contributed by atoms with Crippen molar-refractivity contribution in [2.45, 2.75) is 5.50 Å². The zero-order valence-corrected chi connectivity index (χ0v) is 16.1. The van der Waals surface area contributed by atoms with Gasteiger partial charge in [-0.15, -0.1) is 11.6 Å². The highest BCUT2D eigenvalue weighted by Gasteiger charge is 2.25. The van der Waals surface area contributed by atoms with Crippen molar-refractivity contribution in [1.29, 1.82) is 0 Å². The predicted octanol–water partition coefficient (Wildman–Crippen LogP) is 3.91. The Bertz CT molecular complexity index is 688. The lowest BCUT2D eigenvalue weighted by molar-refractivity contribution is -0.135. The Labute approximate surface area is 161 Å². The van der Waals surface area contributed by atoms with E-state index in [1.54, 1.807) is 0 Å². The molecule has 0 saturated carbocycles. The van der Waals surface area contributed by atoms with E-state index in [0.717, 1.165) is 23.1 Å². The van der Waals surface area contributed by atoms with Crippen molar-refractivity contribution in [3.8, 4) is 5.75 Å². The van der Waals surface area contributed by atoms with Crippen molar-refractivity contribution in [2.24, 2.45) is 0 Å². The molecule has 132 valence electrons. The lowest BCUT2D eigenvalue weighted by Gasteiger charge is -2.37. The van der Waals surface area contributed by atoms with Gasteiger partial charge in [-0.25, -0.2) is 0 Å². The summed E-state index contributed by atoms with van der Waals surface area (Å²) in [6.45, 7) is 2.90. The number of piperazine rings is 1. The van der Waals surface area contributed by atoms with Crippen LogP contribution in [0.5, 0.6) is 5.75 Å². The standard InChI is InChI=1S/C19H20BrClN2O2/c20-16-6-8-17(9-7-16)25-14-18(24)22-10-12-23(13-11-22)19(21)15-4-2-1-3-5-15/h1-9,19H,10-14H2. The summed E-state index contributed by atoms with van der Waals surface area (Å²) >= 11 is 9.94. The van der Waals surface area contributed by atoms with Crippen LogP contribution < -0.4 is 4.74 Å². The number of hydrogen-bond donors (Lipinski definition) is 0. The Morgan fingerprint density at radius 1 is 1.04 bits per heavy atom. The van der Waals surface area contributed by atoms with Crippen LogP contribution in [0.3, 0.4) is 0 Å². The molecule has 0 N–H and O–H groups in total. The molecule has 1 aliphatic rings. The second kappa shape index (κ2) is 8.70. The Morgan fingerprint density at radius 3 is 2.32 bits per heavy atom.